The summed E-state index contributed by atoms with van der Waals surface area (Å²) in [7, 11) is 0. The molecule has 1 heteroatoms. The highest BCUT2D eigenvalue weighted by atomic mass is 16.1. The summed E-state index contributed by atoms with van der Waals surface area (Å²) in [4.78, 5) is 11.2. The van der Waals surface area contributed by atoms with Crippen molar-refractivity contribution in [1.29, 1.82) is 0 Å². The van der Waals surface area contributed by atoms with Crippen LogP contribution in [-0.4, -0.2) is 5.78 Å². The molecule has 0 saturated carbocycles. The van der Waals surface area contributed by atoms with Crippen molar-refractivity contribution < 1.29 is 4.79 Å². The molecule has 0 radical (unpaired) electrons. The molecule has 1 rings (SSSR count). The van der Waals surface area contributed by atoms with E-state index in [2.05, 4.69) is 19.1 Å². The topological polar surface area (TPSA) is 17.1 Å². The molecule has 1 atom stereocenters. The third kappa shape index (κ3) is 2.41. The summed E-state index contributed by atoms with van der Waals surface area (Å²) < 4.78 is 0. The molecule has 0 N–H and O–H groups in total. The smallest absolute Gasteiger partial charge is 0.180 e. The summed E-state index contributed by atoms with van der Waals surface area (Å²) in [6, 6.07) is 0. The molecule has 0 bridgehead atoms. The van der Waals surface area contributed by atoms with Crippen molar-refractivity contribution in [3.05, 3.63) is 36.0 Å². The molecular weight excluding hydrogens is 160 g/mol. The van der Waals surface area contributed by atoms with Gasteiger partial charge in [0.1, 0.15) is 0 Å². The van der Waals surface area contributed by atoms with Crippen molar-refractivity contribution in [2.45, 2.75) is 27.2 Å². The molecule has 0 spiro atoms. The fourth-order valence-electron chi connectivity index (χ4n) is 1.51. The Balaban J connectivity index is 2.82. The maximum Gasteiger partial charge on any atom is 0.180 e. The van der Waals surface area contributed by atoms with Crippen LogP contribution in [0.15, 0.2) is 36.0 Å². The number of hydrogen-bond acceptors (Lipinski definition) is 1. The van der Waals surface area contributed by atoms with Gasteiger partial charge < -0.3 is 0 Å². The Morgan fingerprint density at radius 2 is 2.23 bits per heavy atom. The van der Waals surface area contributed by atoms with Gasteiger partial charge in [0.15, 0.2) is 5.78 Å². The van der Waals surface area contributed by atoms with Gasteiger partial charge in [0.2, 0.25) is 0 Å². The lowest BCUT2D eigenvalue weighted by atomic mass is 9.80. The van der Waals surface area contributed by atoms with Crippen LogP contribution in [0.1, 0.15) is 27.2 Å². The second kappa shape index (κ2) is 3.73. The van der Waals surface area contributed by atoms with Crippen LogP contribution in [0.3, 0.4) is 0 Å². The minimum atomic E-state index is 0.0322. The van der Waals surface area contributed by atoms with E-state index in [1.807, 2.05) is 26.0 Å². The highest BCUT2D eigenvalue weighted by Gasteiger charge is 2.21. The van der Waals surface area contributed by atoms with Crippen LogP contribution in [-0.2, 0) is 4.79 Å². The monoisotopic (exact) mass is 176 g/mol. The van der Waals surface area contributed by atoms with E-state index in [-0.39, 0.29) is 11.2 Å². The fourth-order valence-corrected chi connectivity index (χ4v) is 1.51. The molecule has 0 aliphatic heterocycles. The van der Waals surface area contributed by atoms with E-state index in [0.29, 0.717) is 0 Å². The molecular formula is C12H16O. The summed E-state index contributed by atoms with van der Waals surface area (Å²) in [5, 5.41) is 0. The first-order valence-corrected chi connectivity index (χ1v) is 4.61. The average Bonchev–Trinajstić information content (AvgIpc) is 2.09. The molecule has 0 aromatic rings. The van der Waals surface area contributed by atoms with E-state index < -0.39 is 0 Å². The molecule has 0 saturated heterocycles. The first-order valence-electron chi connectivity index (χ1n) is 4.61. The maximum absolute atomic E-state index is 11.2. The number of hydrogen-bond donors (Lipinski definition) is 0. The fraction of sp³-hybridized carbons (Fsp3) is 0.417. The average molecular weight is 176 g/mol. The Bertz CT molecular complexity index is 294. The van der Waals surface area contributed by atoms with Crippen LogP contribution in [0.2, 0.25) is 0 Å². The van der Waals surface area contributed by atoms with Gasteiger partial charge in [-0.2, -0.15) is 0 Å². The van der Waals surface area contributed by atoms with Gasteiger partial charge in [-0.25, -0.2) is 0 Å². The maximum atomic E-state index is 11.2. The van der Waals surface area contributed by atoms with E-state index in [9.17, 15) is 4.79 Å². The molecule has 0 heterocycles. The second-order valence-electron chi connectivity index (χ2n) is 3.80. The van der Waals surface area contributed by atoms with Crippen molar-refractivity contribution in [3.63, 3.8) is 0 Å². The molecule has 1 nitrogen and oxygen atoms in total. The molecule has 1 aliphatic rings. The number of rotatable bonds is 2. The summed E-state index contributed by atoms with van der Waals surface area (Å²) in [5.74, 6) is 0.137. The lowest BCUT2D eigenvalue weighted by Gasteiger charge is -2.23. The standard InChI is InChI=1S/C12H16O/c1-4-5-7-12(3)8-6-11(13)10(2)9-12/h4-6,8-9H,7H2,1-3H3/b5-4+. The Morgan fingerprint density at radius 1 is 1.54 bits per heavy atom. The first kappa shape index (κ1) is 9.97. The van der Waals surface area contributed by atoms with Crippen LogP contribution in [0.4, 0.5) is 0 Å². The van der Waals surface area contributed by atoms with Crippen LogP contribution >= 0.6 is 0 Å². The Hall–Kier alpha value is -1.11. The van der Waals surface area contributed by atoms with Gasteiger partial charge in [-0.1, -0.05) is 31.2 Å². The lowest BCUT2D eigenvalue weighted by molar-refractivity contribution is -0.111. The van der Waals surface area contributed by atoms with Crippen LogP contribution in [0.5, 0.6) is 0 Å². The Labute approximate surface area is 79.8 Å². The van der Waals surface area contributed by atoms with Crippen molar-refractivity contribution in [1.82, 2.24) is 0 Å². The number of carbonyl (C=O) groups excluding carboxylic acids is 1. The van der Waals surface area contributed by atoms with Crippen molar-refractivity contribution in [2.75, 3.05) is 0 Å². The van der Waals surface area contributed by atoms with Crippen molar-refractivity contribution in [2.24, 2.45) is 5.41 Å². The Kier molecular flexibility index (Phi) is 2.86. The van der Waals surface area contributed by atoms with Crippen LogP contribution in [0.25, 0.3) is 0 Å². The highest BCUT2D eigenvalue weighted by Crippen LogP contribution is 2.30. The highest BCUT2D eigenvalue weighted by molar-refractivity contribution is 6.04. The molecule has 70 valence electrons. The zero-order valence-corrected chi connectivity index (χ0v) is 8.50. The number of ketones is 1. The van der Waals surface area contributed by atoms with Gasteiger partial charge in [-0.05, 0) is 31.9 Å². The number of allylic oxidation sites excluding steroid dienone is 6. The summed E-state index contributed by atoms with van der Waals surface area (Å²) in [6.07, 6.45) is 10.9. The van der Waals surface area contributed by atoms with Gasteiger partial charge in [-0.15, -0.1) is 0 Å². The zero-order valence-electron chi connectivity index (χ0n) is 8.50. The molecule has 1 unspecified atom stereocenters. The van der Waals surface area contributed by atoms with Gasteiger partial charge in [0.05, 0.1) is 0 Å². The van der Waals surface area contributed by atoms with E-state index in [1.165, 1.54) is 0 Å². The third-order valence-electron chi connectivity index (χ3n) is 2.34. The number of carbonyl (C=O) groups is 1. The molecule has 0 aromatic carbocycles. The zero-order chi connectivity index (χ0) is 9.90. The van der Waals surface area contributed by atoms with Gasteiger partial charge >= 0.3 is 0 Å². The van der Waals surface area contributed by atoms with E-state index in [0.717, 1.165) is 12.0 Å². The van der Waals surface area contributed by atoms with E-state index in [4.69, 9.17) is 0 Å². The molecule has 0 fully saturated rings. The van der Waals surface area contributed by atoms with Crippen LogP contribution in [0, 0.1) is 5.41 Å². The molecule has 0 amide bonds. The second-order valence-corrected chi connectivity index (χ2v) is 3.80. The largest absolute Gasteiger partial charge is 0.290 e. The summed E-state index contributed by atoms with van der Waals surface area (Å²) >= 11 is 0. The molecule has 1 aliphatic carbocycles. The van der Waals surface area contributed by atoms with Crippen LogP contribution < -0.4 is 0 Å². The Morgan fingerprint density at radius 3 is 2.77 bits per heavy atom. The van der Waals surface area contributed by atoms with Crippen molar-refractivity contribution in [3.8, 4) is 0 Å². The molecule has 13 heavy (non-hydrogen) atoms. The normalized spacial score (nSPS) is 28.2. The molecule has 0 aromatic heterocycles. The predicted octanol–water partition coefficient (Wildman–Crippen LogP) is 3.04. The van der Waals surface area contributed by atoms with Gasteiger partial charge in [0, 0.05) is 5.41 Å². The minimum absolute atomic E-state index is 0.0322. The predicted molar refractivity (Wildman–Crippen MR) is 55.4 cm³/mol. The SMILES string of the molecule is C/C=C/CC1(C)C=CC(=O)C(C)=C1. The van der Waals surface area contributed by atoms with Gasteiger partial charge in [0.25, 0.3) is 0 Å². The minimum Gasteiger partial charge on any atom is -0.290 e. The quantitative estimate of drug-likeness (QED) is 0.591. The van der Waals surface area contributed by atoms with Crippen molar-refractivity contribution >= 4 is 5.78 Å². The van der Waals surface area contributed by atoms with E-state index >= 15 is 0 Å². The first-order chi connectivity index (χ1) is 6.07. The van der Waals surface area contributed by atoms with E-state index in [1.54, 1.807) is 6.08 Å². The third-order valence-corrected chi connectivity index (χ3v) is 2.34. The summed E-state index contributed by atoms with van der Waals surface area (Å²) in [6.45, 7) is 6.02. The lowest BCUT2D eigenvalue weighted by Crippen LogP contribution is -2.15. The van der Waals surface area contributed by atoms with Gasteiger partial charge in [-0.3, -0.25) is 4.79 Å². The summed E-state index contributed by atoms with van der Waals surface area (Å²) in [5.41, 5.74) is 0.888.